The average molecular weight is 259 g/mol. The van der Waals surface area contributed by atoms with Crippen LogP contribution in [0.5, 0.6) is 11.5 Å². The van der Waals surface area contributed by atoms with Gasteiger partial charge in [-0.3, -0.25) is 0 Å². The monoisotopic (exact) mass is 259 g/mol. The molecule has 0 aliphatic rings. The Kier molecular flexibility index (Phi) is 4.17. The fraction of sp³-hybridized carbons (Fsp3) is 0.250. The first-order valence-corrected chi connectivity index (χ1v) is 6.42. The normalized spacial score (nSPS) is 12.2. The highest BCUT2D eigenvalue weighted by Gasteiger charge is 2.09. The maximum absolute atomic E-state index is 14.0. The molecule has 0 aliphatic carbocycles. The molecule has 2 nitrogen and oxygen atoms in total. The molecule has 0 unspecified atom stereocenters. The lowest BCUT2D eigenvalue weighted by atomic mass is 10.1. The van der Waals surface area contributed by atoms with Crippen LogP contribution in [0.1, 0.15) is 31.0 Å². The van der Waals surface area contributed by atoms with E-state index in [-0.39, 0.29) is 17.6 Å². The first kappa shape index (κ1) is 13.6. The summed E-state index contributed by atoms with van der Waals surface area (Å²) in [6.07, 6.45) is 0.843. The van der Waals surface area contributed by atoms with Gasteiger partial charge in [0.2, 0.25) is 0 Å². The molecule has 0 radical (unpaired) electrons. The van der Waals surface area contributed by atoms with Gasteiger partial charge in [-0.1, -0.05) is 31.2 Å². The highest BCUT2D eigenvalue weighted by molar-refractivity contribution is 5.39. The number of benzene rings is 2. The van der Waals surface area contributed by atoms with Crippen LogP contribution in [-0.4, -0.2) is 0 Å². The highest BCUT2D eigenvalue weighted by atomic mass is 19.1. The van der Waals surface area contributed by atoms with Crippen molar-refractivity contribution < 1.29 is 9.13 Å². The third kappa shape index (κ3) is 3.12. The molecular formula is C16H18FNO. The summed E-state index contributed by atoms with van der Waals surface area (Å²) < 4.78 is 19.6. The Bertz CT molecular complexity index is 566. The first-order valence-electron chi connectivity index (χ1n) is 6.42. The van der Waals surface area contributed by atoms with E-state index in [4.69, 9.17) is 10.5 Å². The van der Waals surface area contributed by atoms with Gasteiger partial charge in [-0.2, -0.15) is 0 Å². The van der Waals surface area contributed by atoms with Gasteiger partial charge in [-0.15, -0.1) is 0 Å². The van der Waals surface area contributed by atoms with Crippen molar-refractivity contribution >= 4 is 0 Å². The van der Waals surface area contributed by atoms with Gasteiger partial charge in [0.25, 0.3) is 0 Å². The highest BCUT2D eigenvalue weighted by Crippen LogP contribution is 2.29. The van der Waals surface area contributed by atoms with E-state index in [0.717, 1.165) is 17.5 Å². The van der Waals surface area contributed by atoms with Crippen LogP contribution in [0.25, 0.3) is 0 Å². The van der Waals surface area contributed by atoms with Crippen molar-refractivity contribution in [2.75, 3.05) is 0 Å². The van der Waals surface area contributed by atoms with Gasteiger partial charge in [-0.05, 0) is 42.7 Å². The van der Waals surface area contributed by atoms with Crippen molar-refractivity contribution in [1.29, 1.82) is 0 Å². The Morgan fingerprint density at radius 2 is 1.89 bits per heavy atom. The average Bonchev–Trinajstić information content (AvgIpc) is 2.41. The molecule has 19 heavy (non-hydrogen) atoms. The molecule has 2 rings (SSSR count). The van der Waals surface area contributed by atoms with Gasteiger partial charge >= 0.3 is 0 Å². The number of para-hydroxylation sites is 1. The topological polar surface area (TPSA) is 35.2 Å². The van der Waals surface area contributed by atoms with Crippen molar-refractivity contribution in [2.24, 2.45) is 5.73 Å². The molecule has 2 aromatic rings. The van der Waals surface area contributed by atoms with E-state index in [1.54, 1.807) is 12.1 Å². The second-order valence-electron chi connectivity index (χ2n) is 4.54. The molecule has 0 heterocycles. The second kappa shape index (κ2) is 5.85. The van der Waals surface area contributed by atoms with Crippen LogP contribution < -0.4 is 10.5 Å². The minimum absolute atomic E-state index is 0.188. The Hall–Kier alpha value is -1.87. The predicted octanol–water partition coefficient (Wildman–Crippen LogP) is 4.20. The summed E-state index contributed by atoms with van der Waals surface area (Å²) in [6.45, 7) is 3.86. The van der Waals surface area contributed by atoms with Crippen molar-refractivity contribution in [3.63, 3.8) is 0 Å². The van der Waals surface area contributed by atoms with Gasteiger partial charge in [-0.25, -0.2) is 4.39 Å². The van der Waals surface area contributed by atoms with E-state index in [1.807, 2.05) is 38.1 Å². The minimum Gasteiger partial charge on any atom is -0.454 e. The summed E-state index contributed by atoms with van der Waals surface area (Å²) in [6, 6.07) is 12.3. The number of halogens is 1. The summed E-state index contributed by atoms with van der Waals surface area (Å²) in [5.74, 6) is 0.531. The van der Waals surface area contributed by atoms with Gasteiger partial charge in [0, 0.05) is 6.04 Å². The Labute approximate surface area is 113 Å². The lowest BCUT2D eigenvalue weighted by Crippen LogP contribution is -2.05. The van der Waals surface area contributed by atoms with Crippen LogP contribution in [0.2, 0.25) is 0 Å². The summed E-state index contributed by atoms with van der Waals surface area (Å²) >= 11 is 0. The lowest BCUT2D eigenvalue weighted by Gasteiger charge is -2.12. The second-order valence-corrected chi connectivity index (χ2v) is 4.54. The van der Waals surface area contributed by atoms with E-state index >= 15 is 0 Å². The Morgan fingerprint density at radius 3 is 2.53 bits per heavy atom. The quantitative estimate of drug-likeness (QED) is 0.893. The van der Waals surface area contributed by atoms with Gasteiger partial charge in [0.15, 0.2) is 11.6 Å². The van der Waals surface area contributed by atoms with Crippen molar-refractivity contribution in [3.05, 3.63) is 59.4 Å². The van der Waals surface area contributed by atoms with E-state index in [0.29, 0.717) is 5.75 Å². The molecule has 0 fully saturated rings. The third-order valence-electron chi connectivity index (χ3n) is 3.06. The fourth-order valence-corrected chi connectivity index (χ4v) is 1.90. The van der Waals surface area contributed by atoms with Crippen LogP contribution in [0, 0.1) is 5.82 Å². The van der Waals surface area contributed by atoms with Crippen molar-refractivity contribution in [1.82, 2.24) is 0 Å². The molecule has 3 heteroatoms. The van der Waals surface area contributed by atoms with Crippen LogP contribution in [0.15, 0.2) is 42.5 Å². The largest absolute Gasteiger partial charge is 0.454 e. The molecule has 0 amide bonds. The smallest absolute Gasteiger partial charge is 0.166 e. The van der Waals surface area contributed by atoms with Crippen molar-refractivity contribution in [2.45, 2.75) is 26.3 Å². The number of aryl methyl sites for hydroxylation is 1. The lowest BCUT2D eigenvalue weighted by molar-refractivity contribution is 0.437. The molecule has 2 aromatic carbocycles. The van der Waals surface area contributed by atoms with Gasteiger partial charge in [0.05, 0.1) is 0 Å². The molecule has 0 saturated carbocycles. The molecule has 0 aliphatic heterocycles. The number of nitrogens with two attached hydrogens (primary N) is 1. The number of hydrogen-bond donors (Lipinski definition) is 1. The maximum Gasteiger partial charge on any atom is 0.166 e. The molecule has 100 valence electrons. The van der Waals surface area contributed by atoms with E-state index in [2.05, 4.69) is 0 Å². The molecule has 0 spiro atoms. The number of hydrogen-bond acceptors (Lipinski definition) is 2. The SMILES string of the molecule is CCc1ccccc1Oc1ccc([C@H](C)N)cc1F. The van der Waals surface area contributed by atoms with Crippen molar-refractivity contribution in [3.8, 4) is 11.5 Å². The molecule has 1 atom stereocenters. The summed E-state index contributed by atoms with van der Waals surface area (Å²) in [7, 11) is 0. The molecule has 0 saturated heterocycles. The summed E-state index contributed by atoms with van der Waals surface area (Å²) in [4.78, 5) is 0. The van der Waals surface area contributed by atoms with Crippen LogP contribution >= 0.6 is 0 Å². The summed E-state index contributed by atoms with van der Waals surface area (Å²) in [5.41, 5.74) is 7.54. The maximum atomic E-state index is 14.0. The molecule has 0 bridgehead atoms. The molecule has 0 aromatic heterocycles. The van der Waals surface area contributed by atoms with Gasteiger partial charge in [0.1, 0.15) is 5.75 Å². The zero-order chi connectivity index (χ0) is 13.8. The standard InChI is InChI=1S/C16H18FNO/c1-3-12-6-4-5-7-15(12)19-16-9-8-13(11(2)18)10-14(16)17/h4-11H,3,18H2,1-2H3/t11-/m0/s1. The number of rotatable bonds is 4. The van der Waals surface area contributed by atoms with E-state index < -0.39 is 0 Å². The fourth-order valence-electron chi connectivity index (χ4n) is 1.90. The Balaban J connectivity index is 2.28. The third-order valence-corrected chi connectivity index (χ3v) is 3.06. The molecular weight excluding hydrogens is 241 g/mol. The minimum atomic E-state index is -0.388. The summed E-state index contributed by atoms with van der Waals surface area (Å²) in [5, 5.41) is 0. The van der Waals surface area contributed by atoms with E-state index in [9.17, 15) is 4.39 Å². The van der Waals surface area contributed by atoms with Crippen LogP contribution in [0.4, 0.5) is 4.39 Å². The van der Waals surface area contributed by atoms with Crippen LogP contribution in [0.3, 0.4) is 0 Å². The van der Waals surface area contributed by atoms with E-state index in [1.165, 1.54) is 6.07 Å². The van der Waals surface area contributed by atoms with Crippen LogP contribution in [-0.2, 0) is 6.42 Å². The first-order chi connectivity index (χ1) is 9.11. The predicted molar refractivity (Wildman–Crippen MR) is 74.9 cm³/mol. The zero-order valence-corrected chi connectivity index (χ0v) is 11.2. The Morgan fingerprint density at radius 1 is 1.16 bits per heavy atom. The van der Waals surface area contributed by atoms with Gasteiger partial charge < -0.3 is 10.5 Å². The number of ether oxygens (including phenoxy) is 1. The zero-order valence-electron chi connectivity index (χ0n) is 11.2. The molecule has 2 N–H and O–H groups in total.